The molecule has 0 fully saturated rings. The van der Waals surface area contributed by atoms with Crippen LogP contribution in [-0.2, 0) is 26.2 Å². The molecule has 0 aliphatic rings. The van der Waals surface area contributed by atoms with E-state index in [0.29, 0.717) is 6.61 Å². The van der Waals surface area contributed by atoms with Crippen LogP contribution in [0.25, 0.3) is 0 Å². The van der Waals surface area contributed by atoms with Crippen molar-refractivity contribution in [2.24, 2.45) is 0 Å². The molecule has 0 aromatic heterocycles. The number of unbranched alkanes of at least 4 members (excludes halogenated alkanes) is 15. The quantitative estimate of drug-likeness (QED) is 0.157. The van der Waals surface area contributed by atoms with Gasteiger partial charge in [0.25, 0.3) is 0 Å². The van der Waals surface area contributed by atoms with Crippen LogP contribution in [0, 0.1) is 0 Å². The maximum atomic E-state index is 10.3. The summed E-state index contributed by atoms with van der Waals surface area (Å²) in [6.45, 7) is 2.69. The summed E-state index contributed by atoms with van der Waals surface area (Å²) >= 11 is 0. The summed E-state index contributed by atoms with van der Waals surface area (Å²) in [5.41, 5.74) is 0. The van der Waals surface area contributed by atoms with Gasteiger partial charge in [0.1, 0.15) is 6.61 Å². The van der Waals surface area contributed by atoms with Gasteiger partial charge in [-0.05, 0) is 6.42 Å². The third kappa shape index (κ3) is 24.9. The molecule has 0 saturated carbocycles. The fourth-order valence-electron chi connectivity index (χ4n) is 2.79. The third-order valence-corrected chi connectivity index (χ3v) is 4.60. The first-order valence-electron chi connectivity index (χ1n) is 9.56. The van der Waals surface area contributed by atoms with Gasteiger partial charge >= 0.3 is 8.25 Å². The second-order valence-corrected chi connectivity index (χ2v) is 7.11. The van der Waals surface area contributed by atoms with E-state index in [2.05, 4.69) is 11.4 Å². The molecule has 0 aliphatic carbocycles. The van der Waals surface area contributed by atoms with Crippen LogP contribution < -0.4 is 0 Å². The molecule has 0 aromatic carbocycles. The van der Waals surface area contributed by atoms with Gasteiger partial charge in [0.2, 0.25) is 0 Å². The summed E-state index contributed by atoms with van der Waals surface area (Å²) in [6.07, 6.45) is 21.4. The molecule has 0 rings (SSSR count). The standard InChI is InChI=1S/C18H37O3P.Fe/c1-2-3-4-5-6-7-8-9-10-11-12-13-14-15-16-17-18-21-22(19)20;/h2-18H2,1H3;/p+1. The van der Waals surface area contributed by atoms with E-state index in [4.69, 9.17) is 4.89 Å². The summed E-state index contributed by atoms with van der Waals surface area (Å²) in [4.78, 5) is 8.46. The fourth-order valence-corrected chi connectivity index (χ4v) is 3.08. The Balaban J connectivity index is 0. The van der Waals surface area contributed by atoms with Crippen molar-refractivity contribution >= 4 is 8.25 Å². The van der Waals surface area contributed by atoms with E-state index in [0.717, 1.165) is 12.8 Å². The van der Waals surface area contributed by atoms with E-state index in [9.17, 15) is 4.57 Å². The van der Waals surface area contributed by atoms with E-state index in [1.165, 1.54) is 89.9 Å². The molecule has 0 bridgehead atoms. The van der Waals surface area contributed by atoms with Gasteiger partial charge in [-0.1, -0.05) is 103 Å². The predicted octanol–water partition coefficient (Wildman–Crippen LogP) is 6.91. The average Bonchev–Trinajstić information content (AvgIpc) is 2.50. The molecule has 1 atom stereocenters. The van der Waals surface area contributed by atoms with Gasteiger partial charge in [-0.2, -0.15) is 0 Å². The summed E-state index contributed by atoms with van der Waals surface area (Å²) in [6, 6.07) is 0. The van der Waals surface area contributed by atoms with Crippen molar-refractivity contribution in [2.75, 3.05) is 6.61 Å². The zero-order valence-electron chi connectivity index (χ0n) is 15.1. The summed E-state index contributed by atoms with van der Waals surface area (Å²) in [5.74, 6) is 0. The molecule has 0 spiro atoms. The van der Waals surface area contributed by atoms with E-state index in [1.807, 2.05) is 0 Å². The largest absolute Gasteiger partial charge is 0.694 e. The molecule has 0 aromatic rings. The van der Waals surface area contributed by atoms with Crippen LogP contribution in [0.1, 0.15) is 110 Å². The van der Waals surface area contributed by atoms with Gasteiger partial charge in [-0.15, -0.1) is 9.42 Å². The number of hydrogen-bond acceptors (Lipinski definition) is 2. The Hall–Kier alpha value is 0.539. The smallest absolute Gasteiger partial charge is 0.133 e. The Kier molecular flexibility index (Phi) is 25.3. The molecule has 1 unspecified atom stereocenters. The molecule has 0 amide bonds. The van der Waals surface area contributed by atoms with Gasteiger partial charge in [0, 0.05) is 21.6 Å². The third-order valence-electron chi connectivity index (χ3n) is 4.20. The number of rotatable bonds is 18. The van der Waals surface area contributed by atoms with Gasteiger partial charge in [-0.25, -0.2) is 0 Å². The molecular weight excluding hydrogens is 351 g/mol. The SMILES string of the molecule is CCCCCCCCCCCCCCCCCCO[P+](=O)O.[Fe]. The summed E-state index contributed by atoms with van der Waals surface area (Å²) in [5, 5.41) is 0. The van der Waals surface area contributed by atoms with Crippen molar-refractivity contribution in [2.45, 2.75) is 110 Å². The first-order chi connectivity index (χ1) is 10.8. The molecular formula is C18H38FeO3P+. The molecule has 3 nitrogen and oxygen atoms in total. The van der Waals surface area contributed by atoms with E-state index < -0.39 is 8.25 Å². The van der Waals surface area contributed by atoms with Crippen LogP contribution >= 0.6 is 8.25 Å². The van der Waals surface area contributed by atoms with Crippen LogP contribution in [0.15, 0.2) is 0 Å². The normalized spacial score (nSPS) is 11.3. The van der Waals surface area contributed by atoms with Crippen molar-refractivity contribution < 1.29 is 31.1 Å². The molecule has 0 heterocycles. The van der Waals surface area contributed by atoms with Gasteiger partial charge in [0.05, 0.1) is 0 Å². The molecule has 1 N–H and O–H groups in total. The predicted molar refractivity (Wildman–Crippen MR) is 95.3 cm³/mol. The van der Waals surface area contributed by atoms with Crippen molar-refractivity contribution in [1.29, 1.82) is 0 Å². The molecule has 23 heavy (non-hydrogen) atoms. The zero-order valence-corrected chi connectivity index (χ0v) is 17.1. The fraction of sp³-hybridized carbons (Fsp3) is 1.00. The molecule has 0 saturated heterocycles. The summed E-state index contributed by atoms with van der Waals surface area (Å²) in [7, 11) is -2.39. The van der Waals surface area contributed by atoms with Crippen LogP contribution in [-0.4, -0.2) is 11.5 Å². The van der Waals surface area contributed by atoms with Gasteiger partial charge < -0.3 is 0 Å². The average molecular weight is 389 g/mol. The minimum atomic E-state index is -2.39. The van der Waals surface area contributed by atoms with Gasteiger partial charge in [0.15, 0.2) is 0 Å². The second kappa shape index (κ2) is 22.5. The molecule has 0 radical (unpaired) electrons. The molecule has 140 valence electrons. The Bertz CT molecular complexity index is 240. The Morgan fingerprint density at radius 3 is 1.26 bits per heavy atom. The molecule has 0 aliphatic heterocycles. The first kappa shape index (κ1) is 25.8. The van der Waals surface area contributed by atoms with Crippen molar-refractivity contribution in [3.05, 3.63) is 0 Å². The van der Waals surface area contributed by atoms with Crippen LogP contribution in [0.5, 0.6) is 0 Å². The maximum absolute atomic E-state index is 10.3. The van der Waals surface area contributed by atoms with Crippen LogP contribution in [0.3, 0.4) is 0 Å². The number of hydrogen-bond donors (Lipinski definition) is 1. The summed E-state index contributed by atoms with van der Waals surface area (Å²) < 4.78 is 14.9. The van der Waals surface area contributed by atoms with Crippen LogP contribution in [0.4, 0.5) is 0 Å². The van der Waals surface area contributed by atoms with E-state index >= 15 is 0 Å². The monoisotopic (exact) mass is 389 g/mol. The van der Waals surface area contributed by atoms with Crippen molar-refractivity contribution in [1.82, 2.24) is 0 Å². The second-order valence-electron chi connectivity index (χ2n) is 6.37. The zero-order chi connectivity index (χ0) is 16.3. The van der Waals surface area contributed by atoms with Crippen LogP contribution in [0.2, 0.25) is 0 Å². The minimum absolute atomic E-state index is 0. The molecule has 5 heteroatoms. The minimum Gasteiger partial charge on any atom is -0.133 e. The Morgan fingerprint density at radius 2 is 0.957 bits per heavy atom. The van der Waals surface area contributed by atoms with E-state index in [1.54, 1.807) is 0 Å². The van der Waals surface area contributed by atoms with Crippen molar-refractivity contribution in [3.63, 3.8) is 0 Å². The maximum Gasteiger partial charge on any atom is 0.694 e. The Morgan fingerprint density at radius 1 is 0.652 bits per heavy atom. The topological polar surface area (TPSA) is 46.5 Å². The van der Waals surface area contributed by atoms with Crippen molar-refractivity contribution in [3.8, 4) is 0 Å². The first-order valence-corrected chi connectivity index (χ1v) is 10.7. The van der Waals surface area contributed by atoms with Gasteiger partial charge in [-0.3, -0.25) is 0 Å². The Labute approximate surface area is 155 Å². The van der Waals surface area contributed by atoms with E-state index in [-0.39, 0.29) is 17.1 Å².